The van der Waals surface area contributed by atoms with Gasteiger partial charge >= 0.3 is 0 Å². The highest BCUT2D eigenvalue weighted by Gasteiger charge is 2.10. The number of hydrogen-bond acceptors (Lipinski definition) is 2. The van der Waals surface area contributed by atoms with Crippen LogP contribution in [0.25, 0.3) is 0 Å². The van der Waals surface area contributed by atoms with Gasteiger partial charge in [0.05, 0.1) is 0 Å². The lowest BCUT2D eigenvalue weighted by Gasteiger charge is -2.19. The second-order valence-electron chi connectivity index (χ2n) is 6.66. The molecule has 3 rings (SSSR count). The molecule has 2 nitrogen and oxygen atoms in total. The zero-order valence-corrected chi connectivity index (χ0v) is 16.9. The zero-order chi connectivity index (χ0) is 18.9. The third-order valence-electron chi connectivity index (χ3n) is 4.58. The maximum atomic E-state index is 13.7. The van der Waals surface area contributed by atoms with Gasteiger partial charge in [-0.1, -0.05) is 74.0 Å². The molecule has 1 atom stereocenters. The Labute approximate surface area is 173 Å². The Bertz CT molecular complexity index is 841. The van der Waals surface area contributed by atoms with Crippen LogP contribution in [-0.4, -0.2) is 0 Å². The Morgan fingerprint density at radius 1 is 0.929 bits per heavy atom. The molecular weight excluding hydrogens is 373 g/mol. The van der Waals surface area contributed by atoms with Crippen LogP contribution >= 0.6 is 12.4 Å². The van der Waals surface area contributed by atoms with Crippen molar-refractivity contribution in [3.05, 3.63) is 101 Å². The minimum absolute atomic E-state index is 0. The fourth-order valence-electron chi connectivity index (χ4n) is 3.12. The molecule has 0 saturated carbocycles. The molecule has 3 aromatic rings. The van der Waals surface area contributed by atoms with Gasteiger partial charge in [0.2, 0.25) is 0 Å². The van der Waals surface area contributed by atoms with Gasteiger partial charge < -0.3 is 10.1 Å². The second-order valence-corrected chi connectivity index (χ2v) is 6.66. The van der Waals surface area contributed by atoms with Crippen molar-refractivity contribution in [3.63, 3.8) is 0 Å². The van der Waals surface area contributed by atoms with Crippen molar-refractivity contribution in [2.45, 2.75) is 39.0 Å². The Kier molecular flexibility index (Phi) is 8.99. The van der Waals surface area contributed by atoms with E-state index in [1.54, 1.807) is 12.1 Å². The lowest BCUT2D eigenvalue weighted by molar-refractivity contribution is 0.299. The van der Waals surface area contributed by atoms with Crippen molar-refractivity contribution in [2.24, 2.45) is 0 Å². The van der Waals surface area contributed by atoms with E-state index < -0.39 is 0 Å². The van der Waals surface area contributed by atoms with Crippen molar-refractivity contribution in [3.8, 4) is 5.75 Å². The molecule has 0 saturated heterocycles. The quantitative estimate of drug-likeness (QED) is 0.446. The van der Waals surface area contributed by atoms with E-state index in [4.69, 9.17) is 4.74 Å². The lowest BCUT2D eigenvalue weighted by atomic mass is 10.0. The molecule has 0 amide bonds. The Morgan fingerprint density at radius 2 is 1.68 bits per heavy atom. The molecule has 0 aliphatic heterocycles. The standard InChI is InChI=1S/C24H26FNO.ClH/c1-2-9-24(20-11-4-3-5-12-20)26-17-19-10-8-14-22(16-19)27-18-21-13-6-7-15-23(21)25;/h3-8,10-16,24,26H,2,9,17-18H2,1H3;1H. The molecule has 0 radical (unpaired) electrons. The summed E-state index contributed by atoms with van der Waals surface area (Å²) in [6.45, 7) is 3.19. The molecule has 148 valence electrons. The van der Waals surface area contributed by atoms with Gasteiger partial charge in [0.15, 0.2) is 0 Å². The number of ether oxygens (including phenoxy) is 1. The fourth-order valence-corrected chi connectivity index (χ4v) is 3.12. The van der Waals surface area contributed by atoms with Crippen LogP contribution in [0.4, 0.5) is 4.39 Å². The summed E-state index contributed by atoms with van der Waals surface area (Å²) in [6.07, 6.45) is 2.21. The van der Waals surface area contributed by atoms with E-state index >= 15 is 0 Å². The summed E-state index contributed by atoms with van der Waals surface area (Å²) in [7, 11) is 0. The van der Waals surface area contributed by atoms with E-state index in [1.165, 1.54) is 11.6 Å². The molecule has 0 bridgehead atoms. The van der Waals surface area contributed by atoms with Gasteiger partial charge in [0.25, 0.3) is 0 Å². The lowest BCUT2D eigenvalue weighted by Crippen LogP contribution is -2.20. The smallest absolute Gasteiger partial charge is 0.129 e. The average Bonchev–Trinajstić information content (AvgIpc) is 2.71. The summed E-state index contributed by atoms with van der Waals surface area (Å²) in [5.41, 5.74) is 3.03. The van der Waals surface area contributed by atoms with Crippen LogP contribution in [0.1, 0.15) is 42.5 Å². The van der Waals surface area contributed by atoms with Crippen molar-refractivity contribution in [1.29, 1.82) is 0 Å². The summed E-state index contributed by atoms with van der Waals surface area (Å²) < 4.78 is 19.5. The third-order valence-corrected chi connectivity index (χ3v) is 4.58. The van der Waals surface area contributed by atoms with Gasteiger partial charge in [-0.25, -0.2) is 4.39 Å². The van der Waals surface area contributed by atoms with E-state index in [0.717, 1.165) is 30.7 Å². The van der Waals surface area contributed by atoms with Crippen LogP contribution in [0.5, 0.6) is 5.75 Å². The predicted octanol–water partition coefficient (Wildman–Crippen LogP) is 6.46. The Hall–Kier alpha value is -2.36. The van der Waals surface area contributed by atoms with Crippen LogP contribution in [-0.2, 0) is 13.2 Å². The first-order valence-corrected chi connectivity index (χ1v) is 9.49. The van der Waals surface area contributed by atoms with E-state index in [1.807, 2.05) is 30.3 Å². The number of halogens is 2. The van der Waals surface area contributed by atoms with Gasteiger partial charge in [-0.3, -0.25) is 0 Å². The van der Waals surface area contributed by atoms with Gasteiger partial charge in [0.1, 0.15) is 18.2 Å². The molecule has 3 aromatic carbocycles. The second kappa shape index (κ2) is 11.5. The number of rotatable bonds is 9. The van der Waals surface area contributed by atoms with Crippen molar-refractivity contribution < 1.29 is 9.13 Å². The predicted molar refractivity (Wildman–Crippen MR) is 115 cm³/mol. The SMILES string of the molecule is CCCC(NCc1cccc(OCc2ccccc2F)c1)c1ccccc1.Cl. The highest BCUT2D eigenvalue weighted by molar-refractivity contribution is 5.85. The molecule has 4 heteroatoms. The highest BCUT2D eigenvalue weighted by Crippen LogP contribution is 2.20. The van der Waals surface area contributed by atoms with Gasteiger partial charge in [0, 0.05) is 18.2 Å². The van der Waals surface area contributed by atoms with Gasteiger partial charge in [-0.15, -0.1) is 12.4 Å². The molecule has 1 N–H and O–H groups in total. The van der Waals surface area contributed by atoms with E-state index in [-0.39, 0.29) is 24.8 Å². The number of hydrogen-bond donors (Lipinski definition) is 1. The van der Waals surface area contributed by atoms with Crippen molar-refractivity contribution in [2.75, 3.05) is 0 Å². The summed E-state index contributed by atoms with van der Waals surface area (Å²) >= 11 is 0. The summed E-state index contributed by atoms with van der Waals surface area (Å²) in [6, 6.07) is 25.6. The van der Waals surface area contributed by atoms with Gasteiger partial charge in [-0.05, 0) is 35.7 Å². The molecule has 0 aliphatic carbocycles. The first-order chi connectivity index (χ1) is 13.3. The van der Waals surface area contributed by atoms with Crippen molar-refractivity contribution in [1.82, 2.24) is 5.32 Å². The molecular formula is C24H27ClFNO. The molecule has 0 spiro atoms. The van der Waals surface area contributed by atoms with E-state index in [2.05, 4.69) is 42.6 Å². The molecule has 0 fully saturated rings. The van der Waals surface area contributed by atoms with Crippen LogP contribution in [0.2, 0.25) is 0 Å². The topological polar surface area (TPSA) is 21.3 Å². The van der Waals surface area contributed by atoms with Crippen molar-refractivity contribution >= 4 is 12.4 Å². The maximum absolute atomic E-state index is 13.7. The Morgan fingerprint density at radius 3 is 2.43 bits per heavy atom. The van der Waals surface area contributed by atoms with E-state index in [9.17, 15) is 4.39 Å². The van der Waals surface area contributed by atoms with Crippen LogP contribution in [0, 0.1) is 5.82 Å². The maximum Gasteiger partial charge on any atom is 0.129 e. The Balaban J connectivity index is 0.00000280. The molecule has 0 heterocycles. The minimum atomic E-state index is -0.236. The normalized spacial score (nSPS) is 11.5. The molecule has 0 aromatic heterocycles. The molecule has 1 unspecified atom stereocenters. The largest absolute Gasteiger partial charge is 0.489 e. The zero-order valence-electron chi connectivity index (χ0n) is 16.1. The summed E-state index contributed by atoms with van der Waals surface area (Å²) in [4.78, 5) is 0. The number of nitrogens with one attached hydrogen (secondary N) is 1. The molecule has 28 heavy (non-hydrogen) atoms. The van der Waals surface area contributed by atoms with Crippen LogP contribution in [0.15, 0.2) is 78.9 Å². The average molecular weight is 400 g/mol. The summed E-state index contributed by atoms with van der Waals surface area (Å²) in [5, 5.41) is 3.65. The fraction of sp³-hybridized carbons (Fsp3) is 0.250. The van der Waals surface area contributed by atoms with E-state index in [0.29, 0.717) is 11.6 Å². The minimum Gasteiger partial charge on any atom is -0.489 e. The summed E-state index contributed by atoms with van der Waals surface area (Å²) in [5.74, 6) is 0.518. The van der Waals surface area contributed by atoms with Crippen LogP contribution in [0.3, 0.4) is 0 Å². The van der Waals surface area contributed by atoms with Crippen LogP contribution < -0.4 is 10.1 Å². The number of benzene rings is 3. The highest BCUT2D eigenvalue weighted by atomic mass is 35.5. The molecule has 0 aliphatic rings. The first-order valence-electron chi connectivity index (χ1n) is 9.49. The third kappa shape index (κ3) is 6.36. The first kappa shape index (κ1) is 21.9. The van der Waals surface area contributed by atoms with Gasteiger partial charge in [-0.2, -0.15) is 0 Å². The monoisotopic (exact) mass is 399 g/mol.